The second-order valence-electron chi connectivity index (χ2n) is 6.81. The summed E-state index contributed by atoms with van der Waals surface area (Å²) in [4.78, 5) is 23.7. The Balaban J connectivity index is 1.57. The molecular weight excluding hydrogens is 380 g/mol. The van der Waals surface area contributed by atoms with Crippen LogP contribution in [-0.4, -0.2) is 27.0 Å². The molecule has 0 spiro atoms. The van der Waals surface area contributed by atoms with Gasteiger partial charge in [0.05, 0.1) is 16.5 Å². The van der Waals surface area contributed by atoms with Crippen LogP contribution in [0.3, 0.4) is 0 Å². The van der Waals surface area contributed by atoms with Crippen molar-refractivity contribution in [2.75, 3.05) is 11.4 Å². The lowest BCUT2D eigenvalue weighted by molar-refractivity contribution is -0.114. The van der Waals surface area contributed by atoms with Gasteiger partial charge in [0, 0.05) is 31.6 Å². The number of amides is 1. The van der Waals surface area contributed by atoms with Gasteiger partial charge in [0.2, 0.25) is 0 Å². The van der Waals surface area contributed by atoms with E-state index in [4.69, 9.17) is 4.98 Å². The van der Waals surface area contributed by atoms with E-state index in [1.165, 1.54) is 0 Å². The van der Waals surface area contributed by atoms with Gasteiger partial charge in [0.15, 0.2) is 5.13 Å². The maximum atomic E-state index is 13.1. The van der Waals surface area contributed by atoms with Gasteiger partial charge in [-0.25, -0.2) is 9.97 Å². The molecule has 0 saturated heterocycles. The van der Waals surface area contributed by atoms with Gasteiger partial charge in [-0.15, -0.1) is 0 Å². The second kappa shape index (κ2) is 8.84. The average Bonchev–Trinajstić information content (AvgIpc) is 3.41. The molecule has 2 aromatic carbocycles. The lowest BCUT2D eigenvalue weighted by Gasteiger charge is -2.18. The first-order valence-electron chi connectivity index (χ1n) is 9.57. The zero-order valence-corrected chi connectivity index (χ0v) is 17.0. The van der Waals surface area contributed by atoms with Crippen molar-refractivity contribution in [1.82, 2.24) is 14.5 Å². The zero-order chi connectivity index (χ0) is 20.1. The van der Waals surface area contributed by atoms with E-state index >= 15 is 0 Å². The average molecular weight is 403 g/mol. The third kappa shape index (κ3) is 4.60. The molecule has 0 aliphatic heterocycles. The van der Waals surface area contributed by atoms with Crippen molar-refractivity contribution in [2.24, 2.45) is 0 Å². The van der Waals surface area contributed by atoms with E-state index in [0.717, 1.165) is 39.4 Å². The number of hydrogen-bond donors (Lipinski definition) is 0. The van der Waals surface area contributed by atoms with Gasteiger partial charge in [-0.05, 0) is 36.6 Å². The van der Waals surface area contributed by atoms with Crippen molar-refractivity contribution in [3.63, 3.8) is 0 Å². The molecule has 0 bridgehead atoms. The van der Waals surface area contributed by atoms with Gasteiger partial charge in [-0.1, -0.05) is 53.8 Å². The van der Waals surface area contributed by atoms with E-state index in [9.17, 15) is 4.79 Å². The molecule has 2 aromatic heterocycles. The van der Waals surface area contributed by atoms with E-state index < -0.39 is 0 Å². The van der Waals surface area contributed by atoms with Crippen molar-refractivity contribution >= 4 is 38.7 Å². The molecule has 2 heterocycles. The molecule has 0 aliphatic carbocycles. The summed E-state index contributed by atoms with van der Waals surface area (Å²) in [5.74, 6) is -0.0591. The summed E-state index contributed by atoms with van der Waals surface area (Å²) >= 11 is 1.56. The first kappa shape index (κ1) is 19.1. The largest absolute Gasteiger partial charge is 0.337 e. The fourth-order valence-electron chi connectivity index (χ4n) is 3.14. The first-order valence-corrected chi connectivity index (χ1v) is 10.4. The van der Waals surface area contributed by atoms with Gasteiger partial charge in [0.1, 0.15) is 0 Å². The minimum absolute atomic E-state index is 0.0591. The number of aromatic nitrogens is 3. The quantitative estimate of drug-likeness (QED) is 0.412. The third-order valence-corrected chi connectivity index (χ3v) is 5.73. The van der Waals surface area contributed by atoms with Crippen molar-refractivity contribution in [2.45, 2.75) is 19.9 Å². The Morgan fingerprint density at radius 3 is 2.79 bits per heavy atom. The number of rotatable bonds is 7. The summed E-state index contributed by atoms with van der Waals surface area (Å²) < 4.78 is 3.12. The maximum Gasteiger partial charge on any atom is 0.252 e. The van der Waals surface area contributed by atoms with E-state index in [2.05, 4.69) is 11.1 Å². The predicted molar refractivity (Wildman–Crippen MR) is 119 cm³/mol. The van der Waals surface area contributed by atoms with Crippen molar-refractivity contribution in [3.05, 3.63) is 84.5 Å². The molecule has 6 heteroatoms. The standard InChI is InChI=1S/C23H22N4OS/c1-18-7-5-10-20-22(18)25-23(29-20)27(15-6-14-26-16-13-24-17-26)21(28)12-11-19-8-3-2-4-9-19/h2-5,7-13,16-17H,6,14-15H2,1H3/b12-11+. The van der Waals surface area contributed by atoms with Crippen LogP contribution in [0, 0.1) is 6.92 Å². The number of carbonyl (C=O) groups excluding carboxylic acids is 1. The maximum absolute atomic E-state index is 13.1. The van der Waals surface area contributed by atoms with Crippen LogP contribution in [0.1, 0.15) is 17.5 Å². The highest BCUT2D eigenvalue weighted by molar-refractivity contribution is 7.22. The molecule has 0 aliphatic rings. The van der Waals surface area contributed by atoms with Crippen LogP contribution in [0.5, 0.6) is 0 Å². The van der Waals surface area contributed by atoms with Gasteiger partial charge >= 0.3 is 0 Å². The molecule has 29 heavy (non-hydrogen) atoms. The minimum Gasteiger partial charge on any atom is -0.337 e. The summed E-state index contributed by atoms with van der Waals surface area (Å²) in [6, 6.07) is 16.0. The van der Waals surface area contributed by atoms with E-state index in [1.54, 1.807) is 34.8 Å². The van der Waals surface area contributed by atoms with Crippen LogP contribution in [0.15, 0.2) is 73.3 Å². The van der Waals surface area contributed by atoms with E-state index in [0.29, 0.717) is 6.54 Å². The number of benzene rings is 2. The molecule has 0 N–H and O–H groups in total. The van der Waals surface area contributed by atoms with Crippen LogP contribution in [0.4, 0.5) is 5.13 Å². The lowest BCUT2D eigenvalue weighted by atomic mass is 10.2. The Morgan fingerprint density at radius 2 is 2.03 bits per heavy atom. The molecule has 0 unspecified atom stereocenters. The molecule has 5 nitrogen and oxygen atoms in total. The molecule has 0 saturated carbocycles. The number of thiazole rings is 1. The topological polar surface area (TPSA) is 51.0 Å². The summed E-state index contributed by atoms with van der Waals surface area (Å²) in [5.41, 5.74) is 3.09. The zero-order valence-electron chi connectivity index (χ0n) is 16.2. The number of carbonyl (C=O) groups is 1. The normalized spacial score (nSPS) is 11.3. The number of para-hydroxylation sites is 1. The highest BCUT2D eigenvalue weighted by Gasteiger charge is 2.18. The number of anilines is 1. The Hall–Kier alpha value is -3.25. The Kier molecular flexibility index (Phi) is 5.81. The van der Waals surface area contributed by atoms with Crippen LogP contribution in [-0.2, 0) is 11.3 Å². The number of imidazole rings is 1. The van der Waals surface area contributed by atoms with Crippen LogP contribution >= 0.6 is 11.3 Å². The minimum atomic E-state index is -0.0591. The fraction of sp³-hybridized carbons (Fsp3) is 0.174. The van der Waals surface area contributed by atoms with E-state index in [-0.39, 0.29) is 5.91 Å². The highest BCUT2D eigenvalue weighted by Crippen LogP contribution is 2.31. The van der Waals surface area contributed by atoms with Gasteiger partial charge in [-0.3, -0.25) is 9.69 Å². The van der Waals surface area contributed by atoms with Crippen LogP contribution in [0.2, 0.25) is 0 Å². The number of nitrogens with zero attached hydrogens (tertiary/aromatic N) is 4. The first-order chi connectivity index (χ1) is 14.2. The van der Waals surface area contributed by atoms with E-state index in [1.807, 2.05) is 66.2 Å². The fourth-order valence-corrected chi connectivity index (χ4v) is 4.22. The number of aryl methyl sites for hydroxylation is 2. The predicted octanol–water partition coefficient (Wildman–Crippen LogP) is 4.94. The molecule has 0 radical (unpaired) electrons. The van der Waals surface area contributed by atoms with Gasteiger partial charge < -0.3 is 4.57 Å². The van der Waals surface area contributed by atoms with Crippen LogP contribution < -0.4 is 4.90 Å². The van der Waals surface area contributed by atoms with Gasteiger partial charge in [0.25, 0.3) is 5.91 Å². The van der Waals surface area contributed by atoms with Crippen molar-refractivity contribution in [3.8, 4) is 0 Å². The molecule has 4 aromatic rings. The molecule has 4 rings (SSSR count). The Labute approximate surface area is 174 Å². The second-order valence-corrected chi connectivity index (χ2v) is 7.82. The molecular formula is C23H22N4OS. The Morgan fingerprint density at radius 1 is 1.17 bits per heavy atom. The Bertz CT molecular complexity index is 1120. The molecule has 0 atom stereocenters. The summed E-state index contributed by atoms with van der Waals surface area (Å²) in [6.07, 6.45) is 9.79. The smallest absolute Gasteiger partial charge is 0.252 e. The van der Waals surface area contributed by atoms with Gasteiger partial charge in [-0.2, -0.15) is 0 Å². The number of hydrogen-bond acceptors (Lipinski definition) is 4. The lowest BCUT2D eigenvalue weighted by Crippen LogP contribution is -2.30. The third-order valence-electron chi connectivity index (χ3n) is 4.68. The monoisotopic (exact) mass is 402 g/mol. The summed E-state index contributed by atoms with van der Waals surface area (Å²) in [5, 5.41) is 0.739. The highest BCUT2D eigenvalue weighted by atomic mass is 32.1. The molecule has 146 valence electrons. The summed E-state index contributed by atoms with van der Waals surface area (Å²) in [6.45, 7) is 3.44. The summed E-state index contributed by atoms with van der Waals surface area (Å²) in [7, 11) is 0. The van der Waals surface area contributed by atoms with Crippen molar-refractivity contribution < 1.29 is 4.79 Å². The molecule has 1 amide bonds. The number of fused-ring (bicyclic) bond motifs is 1. The van der Waals surface area contributed by atoms with Crippen molar-refractivity contribution in [1.29, 1.82) is 0 Å². The SMILES string of the molecule is Cc1cccc2sc(N(CCCn3ccnc3)C(=O)/C=C/c3ccccc3)nc12. The van der Waals surface area contributed by atoms with Crippen LogP contribution in [0.25, 0.3) is 16.3 Å². The molecule has 0 fully saturated rings.